The van der Waals surface area contributed by atoms with E-state index in [1.165, 1.54) is 21.2 Å². The molecule has 0 radical (unpaired) electrons. The van der Waals surface area contributed by atoms with Crippen molar-refractivity contribution in [3.63, 3.8) is 0 Å². The first-order chi connectivity index (χ1) is 14.9. The van der Waals surface area contributed by atoms with Gasteiger partial charge in [0.15, 0.2) is 5.69 Å². The first-order valence-electron chi connectivity index (χ1n) is 9.76. The normalized spacial score (nSPS) is 10.8. The average molecular weight is 459 g/mol. The fraction of sp³-hybridized carbons (Fsp3) is 0.227. The number of carbonyl (C=O) groups is 1. The molecule has 2 aromatic carbocycles. The molecule has 0 aliphatic carbocycles. The number of amides is 1. The van der Waals surface area contributed by atoms with Crippen LogP contribution in [0.3, 0.4) is 0 Å². The molecule has 0 bridgehead atoms. The number of halogens is 1. The summed E-state index contributed by atoms with van der Waals surface area (Å²) >= 11 is 7.45. The van der Waals surface area contributed by atoms with E-state index in [-0.39, 0.29) is 29.7 Å². The number of thioether (sulfide) groups is 1. The molecule has 0 aliphatic rings. The van der Waals surface area contributed by atoms with Gasteiger partial charge in [0, 0.05) is 11.4 Å². The van der Waals surface area contributed by atoms with Gasteiger partial charge in [-0.2, -0.15) is 0 Å². The van der Waals surface area contributed by atoms with Crippen molar-refractivity contribution < 1.29 is 4.79 Å². The summed E-state index contributed by atoms with van der Waals surface area (Å²) in [5.74, 6) is -0.267. The Bertz CT molecular complexity index is 1180. The summed E-state index contributed by atoms with van der Waals surface area (Å²) < 4.78 is 1.27. The van der Waals surface area contributed by atoms with Crippen molar-refractivity contribution in [3.8, 4) is 0 Å². The molecular formula is C22H23ClN4O3S. The summed E-state index contributed by atoms with van der Waals surface area (Å²) in [7, 11) is 0. The zero-order chi connectivity index (χ0) is 22.4. The van der Waals surface area contributed by atoms with Gasteiger partial charge in [-0.1, -0.05) is 61.0 Å². The van der Waals surface area contributed by atoms with Gasteiger partial charge in [0.2, 0.25) is 5.91 Å². The van der Waals surface area contributed by atoms with Crippen LogP contribution in [0.25, 0.3) is 0 Å². The van der Waals surface area contributed by atoms with E-state index in [1.54, 1.807) is 6.07 Å². The first kappa shape index (κ1) is 22.7. The van der Waals surface area contributed by atoms with E-state index in [0.717, 1.165) is 10.5 Å². The third-order valence-electron chi connectivity index (χ3n) is 4.60. The summed E-state index contributed by atoms with van der Waals surface area (Å²) in [6.07, 6.45) is 0.610. The molecule has 0 spiro atoms. The standard InChI is InChI=1S/C22H23ClN4O3S/c1-2-12-26(18(28)14-31-17-11-7-6-10-16(17)23)19-20(24)27(22(30)25-21(19)29)13-15-8-4-3-5-9-15/h3-11H,2,12-14,24H2,1H3,(H,25,29,30). The molecule has 1 heterocycles. The van der Waals surface area contributed by atoms with Crippen LogP contribution >= 0.6 is 23.4 Å². The van der Waals surface area contributed by atoms with Gasteiger partial charge >= 0.3 is 5.69 Å². The number of nitrogens with two attached hydrogens (primary N) is 1. The fourth-order valence-electron chi connectivity index (χ4n) is 3.13. The number of nitrogen functional groups attached to an aromatic ring is 1. The van der Waals surface area contributed by atoms with Gasteiger partial charge in [-0.15, -0.1) is 11.8 Å². The summed E-state index contributed by atoms with van der Waals surface area (Å²) in [6, 6.07) is 16.5. The zero-order valence-corrected chi connectivity index (χ0v) is 18.6. The summed E-state index contributed by atoms with van der Waals surface area (Å²) in [5.41, 5.74) is 5.78. The largest absolute Gasteiger partial charge is 0.383 e. The van der Waals surface area contributed by atoms with Crippen LogP contribution < -0.4 is 21.9 Å². The number of carbonyl (C=O) groups excluding carboxylic acids is 1. The molecule has 0 aliphatic heterocycles. The van der Waals surface area contributed by atoms with Crippen molar-refractivity contribution in [2.75, 3.05) is 22.9 Å². The van der Waals surface area contributed by atoms with Crippen molar-refractivity contribution in [1.29, 1.82) is 0 Å². The second kappa shape index (κ2) is 10.4. The SMILES string of the molecule is CCCN(C(=O)CSc1ccccc1Cl)c1c(N)n(Cc2ccccc2)c(=O)[nH]c1=O. The van der Waals surface area contributed by atoms with Crippen LogP contribution in [0.4, 0.5) is 11.5 Å². The molecule has 31 heavy (non-hydrogen) atoms. The van der Waals surface area contributed by atoms with Gasteiger partial charge in [-0.25, -0.2) is 4.79 Å². The summed E-state index contributed by atoms with van der Waals surface area (Å²) in [5, 5.41) is 0.552. The molecule has 0 saturated carbocycles. The van der Waals surface area contributed by atoms with Gasteiger partial charge in [0.05, 0.1) is 17.3 Å². The van der Waals surface area contributed by atoms with Crippen LogP contribution in [0.2, 0.25) is 5.02 Å². The van der Waals surface area contributed by atoms with Crippen molar-refractivity contribution >= 4 is 40.8 Å². The quantitative estimate of drug-likeness (QED) is 0.504. The number of anilines is 2. The number of aromatic amines is 1. The monoisotopic (exact) mass is 458 g/mol. The third kappa shape index (κ3) is 5.39. The van der Waals surface area contributed by atoms with Crippen LogP contribution in [0.15, 0.2) is 69.1 Å². The van der Waals surface area contributed by atoms with E-state index < -0.39 is 11.2 Å². The second-order valence-corrected chi connectivity index (χ2v) is 8.25. The van der Waals surface area contributed by atoms with Gasteiger partial charge in [-0.05, 0) is 24.1 Å². The number of nitrogens with zero attached hydrogens (tertiary/aromatic N) is 2. The van der Waals surface area contributed by atoms with Crippen molar-refractivity contribution in [1.82, 2.24) is 9.55 Å². The van der Waals surface area contributed by atoms with E-state index in [9.17, 15) is 14.4 Å². The van der Waals surface area contributed by atoms with Crippen LogP contribution in [0.1, 0.15) is 18.9 Å². The van der Waals surface area contributed by atoms with Gasteiger partial charge < -0.3 is 10.6 Å². The number of rotatable bonds is 8. The lowest BCUT2D eigenvalue weighted by molar-refractivity contribution is -0.116. The van der Waals surface area contributed by atoms with Crippen LogP contribution in [0.5, 0.6) is 0 Å². The van der Waals surface area contributed by atoms with E-state index in [4.69, 9.17) is 17.3 Å². The van der Waals surface area contributed by atoms with Crippen molar-refractivity contribution in [2.45, 2.75) is 24.8 Å². The minimum absolute atomic E-state index is 0.0119. The minimum Gasteiger partial charge on any atom is -0.383 e. The molecule has 3 aromatic rings. The Kier molecular flexibility index (Phi) is 7.59. The van der Waals surface area contributed by atoms with Crippen molar-refractivity contribution in [2.24, 2.45) is 0 Å². The smallest absolute Gasteiger partial charge is 0.330 e. The Labute approximate surface area is 188 Å². The van der Waals surface area contributed by atoms with Crippen LogP contribution in [0, 0.1) is 0 Å². The Morgan fingerprint density at radius 2 is 1.81 bits per heavy atom. The Hall–Kier alpha value is -2.97. The highest BCUT2D eigenvalue weighted by molar-refractivity contribution is 8.00. The molecule has 162 valence electrons. The fourth-order valence-corrected chi connectivity index (χ4v) is 4.24. The molecule has 0 unspecified atom stereocenters. The highest BCUT2D eigenvalue weighted by atomic mass is 35.5. The predicted molar refractivity (Wildman–Crippen MR) is 126 cm³/mol. The van der Waals surface area contributed by atoms with Crippen LogP contribution in [-0.2, 0) is 11.3 Å². The van der Waals surface area contributed by atoms with Crippen LogP contribution in [-0.4, -0.2) is 27.8 Å². The lowest BCUT2D eigenvalue weighted by Gasteiger charge is -2.24. The number of benzene rings is 2. The van der Waals surface area contributed by atoms with Gasteiger partial charge in [0.1, 0.15) is 5.82 Å². The zero-order valence-electron chi connectivity index (χ0n) is 17.0. The highest BCUT2D eigenvalue weighted by Crippen LogP contribution is 2.27. The third-order valence-corrected chi connectivity index (χ3v) is 6.10. The lowest BCUT2D eigenvalue weighted by Crippen LogP contribution is -2.42. The molecule has 9 heteroatoms. The van der Waals surface area contributed by atoms with Gasteiger partial charge in [0.25, 0.3) is 5.56 Å². The molecule has 0 fully saturated rings. The molecule has 7 nitrogen and oxygen atoms in total. The number of aromatic nitrogens is 2. The minimum atomic E-state index is -0.684. The molecule has 3 rings (SSSR count). The van der Waals surface area contributed by atoms with Gasteiger partial charge in [-0.3, -0.25) is 19.1 Å². The number of H-pyrrole nitrogens is 1. The lowest BCUT2D eigenvalue weighted by atomic mass is 10.2. The first-order valence-corrected chi connectivity index (χ1v) is 11.1. The molecule has 0 atom stereocenters. The van der Waals surface area contributed by atoms with Crippen molar-refractivity contribution in [3.05, 3.63) is 86.0 Å². The average Bonchev–Trinajstić information content (AvgIpc) is 2.76. The van der Waals surface area contributed by atoms with E-state index >= 15 is 0 Å². The Morgan fingerprint density at radius 3 is 2.48 bits per heavy atom. The maximum absolute atomic E-state index is 13.0. The number of hydrogen-bond acceptors (Lipinski definition) is 5. The second-order valence-electron chi connectivity index (χ2n) is 6.83. The number of nitrogens with one attached hydrogen (secondary N) is 1. The number of hydrogen-bond donors (Lipinski definition) is 2. The van der Waals surface area contributed by atoms with E-state index in [0.29, 0.717) is 18.0 Å². The molecule has 0 saturated heterocycles. The Balaban J connectivity index is 1.93. The van der Waals surface area contributed by atoms with E-state index in [2.05, 4.69) is 4.98 Å². The molecule has 1 aromatic heterocycles. The molecule has 1 amide bonds. The Morgan fingerprint density at radius 1 is 1.13 bits per heavy atom. The highest BCUT2D eigenvalue weighted by Gasteiger charge is 2.24. The summed E-state index contributed by atoms with van der Waals surface area (Å²) in [6.45, 7) is 2.36. The van der Waals surface area contributed by atoms with E-state index in [1.807, 2.05) is 55.5 Å². The summed E-state index contributed by atoms with van der Waals surface area (Å²) in [4.78, 5) is 42.5. The molecular weight excluding hydrogens is 436 g/mol. The predicted octanol–water partition coefficient (Wildman–Crippen LogP) is 3.36. The maximum atomic E-state index is 13.0. The maximum Gasteiger partial charge on any atom is 0.330 e. The molecule has 3 N–H and O–H groups in total. The topological polar surface area (TPSA) is 101 Å².